The maximum Gasteiger partial charge on any atom is 0.251 e. The Morgan fingerprint density at radius 2 is 1.76 bits per heavy atom. The van der Waals surface area contributed by atoms with Gasteiger partial charge in [0.25, 0.3) is 5.91 Å². The van der Waals surface area contributed by atoms with Crippen molar-refractivity contribution in [1.29, 1.82) is 0 Å². The van der Waals surface area contributed by atoms with Gasteiger partial charge in [0.1, 0.15) is 5.75 Å². The van der Waals surface area contributed by atoms with Crippen molar-refractivity contribution in [2.45, 2.75) is 31.7 Å². The number of likely N-dealkylation sites (tertiary alicyclic amines) is 1. The number of nitrogens with zero attached hydrogens (tertiary/aromatic N) is 1. The number of carbonyl (C=O) groups is 2. The quantitative estimate of drug-likeness (QED) is 0.468. The van der Waals surface area contributed by atoms with Crippen LogP contribution >= 0.6 is 27.5 Å². The Kier molecular flexibility index (Phi) is 9.26. The summed E-state index contributed by atoms with van der Waals surface area (Å²) in [6.45, 7) is 1.66. The smallest absolute Gasteiger partial charge is 0.251 e. The number of methoxy groups -OCH3 is 2. The molecule has 2 aromatic rings. The summed E-state index contributed by atoms with van der Waals surface area (Å²) in [5.74, 6) is 1.64. The second-order valence-electron chi connectivity index (χ2n) is 7.73. The average Bonchev–Trinajstić information content (AvgIpc) is 2.82. The lowest BCUT2D eigenvalue weighted by atomic mass is 10.0. The normalized spacial score (nSPS) is 14.0. The van der Waals surface area contributed by atoms with Crippen LogP contribution in [0.1, 0.15) is 36.0 Å². The second kappa shape index (κ2) is 12.1. The van der Waals surface area contributed by atoms with Gasteiger partial charge in [-0.05, 0) is 55.7 Å². The van der Waals surface area contributed by atoms with E-state index < -0.39 is 0 Å². The third-order valence-electron chi connectivity index (χ3n) is 5.52. The molecular weight excluding hydrogens is 512 g/mol. The molecule has 1 fully saturated rings. The summed E-state index contributed by atoms with van der Waals surface area (Å²) in [6, 6.07) is 10.5. The molecule has 1 aliphatic heterocycles. The van der Waals surface area contributed by atoms with Crippen LogP contribution in [0.5, 0.6) is 17.2 Å². The topological polar surface area (TPSA) is 77.1 Å². The molecule has 1 aliphatic rings. The molecule has 1 N–H and O–H groups in total. The van der Waals surface area contributed by atoms with Crippen molar-refractivity contribution in [2.24, 2.45) is 0 Å². The molecule has 1 heterocycles. The third-order valence-corrected chi connectivity index (χ3v) is 6.30. The number of carbonyl (C=O) groups excluding carboxylic acids is 2. The van der Waals surface area contributed by atoms with Crippen molar-refractivity contribution in [3.8, 4) is 17.2 Å². The first kappa shape index (κ1) is 25.2. The molecule has 3 rings (SSSR count). The van der Waals surface area contributed by atoms with Crippen LogP contribution in [0.15, 0.2) is 40.9 Å². The highest BCUT2D eigenvalue weighted by Crippen LogP contribution is 2.28. The molecule has 0 spiro atoms. The molecule has 1 saturated heterocycles. The summed E-state index contributed by atoms with van der Waals surface area (Å²) >= 11 is 9.50. The Labute approximate surface area is 207 Å². The van der Waals surface area contributed by atoms with Crippen molar-refractivity contribution in [2.75, 3.05) is 33.9 Å². The molecule has 2 aromatic carbocycles. The fraction of sp³-hybridized carbons (Fsp3) is 0.417. The van der Waals surface area contributed by atoms with E-state index in [1.54, 1.807) is 37.4 Å². The molecule has 0 bridgehead atoms. The van der Waals surface area contributed by atoms with Gasteiger partial charge in [-0.1, -0.05) is 27.5 Å². The molecular formula is C24H28BrClN2O5. The molecule has 0 aliphatic carbocycles. The van der Waals surface area contributed by atoms with Gasteiger partial charge in [0.15, 0.2) is 11.5 Å². The number of halogens is 2. The Morgan fingerprint density at radius 3 is 2.42 bits per heavy atom. The fourth-order valence-electron chi connectivity index (χ4n) is 3.68. The van der Waals surface area contributed by atoms with Crippen LogP contribution < -0.4 is 19.5 Å². The van der Waals surface area contributed by atoms with Gasteiger partial charge in [0.05, 0.1) is 25.8 Å². The highest BCUT2D eigenvalue weighted by molar-refractivity contribution is 9.10. The minimum atomic E-state index is -0.163. The van der Waals surface area contributed by atoms with Crippen molar-refractivity contribution in [1.82, 2.24) is 10.2 Å². The van der Waals surface area contributed by atoms with Crippen molar-refractivity contribution >= 4 is 39.3 Å². The second-order valence-corrected chi connectivity index (χ2v) is 9.05. The first-order valence-corrected chi connectivity index (χ1v) is 12.0. The summed E-state index contributed by atoms with van der Waals surface area (Å²) in [7, 11) is 3.09. The predicted octanol–water partition coefficient (Wildman–Crippen LogP) is 4.70. The number of benzene rings is 2. The average molecular weight is 540 g/mol. The lowest BCUT2D eigenvalue weighted by Gasteiger charge is -2.32. The Balaban J connectivity index is 1.39. The zero-order chi connectivity index (χ0) is 23.8. The molecule has 0 saturated carbocycles. The lowest BCUT2D eigenvalue weighted by molar-refractivity contribution is -0.132. The minimum Gasteiger partial charge on any atom is -0.493 e. The molecule has 0 unspecified atom stereocenters. The lowest BCUT2D eigenvalue weighted by Crippen LogP contribution is -2.46. The van der Waals surface area contributed by atoms with Gasteiger partial charge in [-0.15, -0.1) is 0 Å². The van der Waals surface area contributed by atoms with Crippen molar-refractivity contribution < 1.29 is 23.8 Å². The molecule has 178 valence electrons. The van der Waals surface area contributed by atoms with Gasteiger partial charge < -0.3 is 24.4 Å². The molecule has 0 radical (unpaired) electrons. The van der Waals surface area contributed by atoms with E-state index in [9.17, 15) is 9.59 Å². The number of piperidine rings is 1. The van der Waals surface area contributed by atoms with Crippen LogP contribution in [0.4, 0.5) is 0 Å². The number of hydrogen-bond donors (Lipinski definition) is 1. The van der Waals surface area contributed by atoms with Crippen LogP contribution in [0, 0.1) is 0 Å². The van der Waals surface area contributed by atoms with Gasteiger partial charge in [0, 0.05) is 35.6 Å². The number of nitrogens with one attached hydrogen (secondary N) is 1. The standard InChI is InChI=1S/C24H28BrClN2O5/c1-31-21-7-5-16(14-22(21)32-2)24(30)27-18-9-11-28(12-10-18)23(29)4-3-13-33-20-8-6-17(25)15-19(20)26/h5-8,14-15,18H,3-4,9-13H2,1-2H3,(H,27,30). The van der Waals surface area contributed by atoms with E-state index in [1.165, 1.54) is 7.11 Å². The maximum atomic E-state index is 12.6. The maximum absolute atomic E-state index is 12.6. The third kappa shape index (κ3) is 7.01. The van der Waals surface area contributed by atoms with E-state index in [0.717, 1.165) is 17.3 Å². The van der Waals surface area contributed by atoms with Crippen LogP contribution in [-0.4, -0.2) is 56.7 Å². The van der Waals surface area contributed by atoms with E-state index in [0.29, 0.717) is 60.4 Å². The van der Waals surface area contributed by atoms with Crippen LogP contribution in [0.2, 0.25) is 5.02 Å². The Morgan fingerprint density at radius 1 is 1.06 bits per heavy atom. The van der Waals surface area contributed by atoms with E-state index in [2.05, 4.69) is 21.2 Å². The molecule has 0 aromatic heterocycles. The first-order chi connectivity index (χ1) is 15.9. The van der Waals surface area contributed by atoms with Crippen LogP contribution in [0.3, 0.4) is 0 Å². The fourth-order valence-corrected chi connectivity index (χ4v) is 4.40. The van der Waals surface area contributed by atoms with Gasteiger partial charge in [-0.25, -0.2) is 0 Å². The summed E-state index contributed by atoms with van der Waals surface area (Å²) in [6.07, 6.45) is 2.46. The predicted molar refractivity (Wildman–Crippen MR) is 130 cm³/mol. The number of amides is 2. The van der Waals surface area contributed by atoms with Crippen molar-refractivity contribution in [3.63, 3.8) is 0 Å². The highest BCUT2D eigenvalue weighted by atomic mass is 79.9. The monoisotopic (exact) mass is 538 g/mol. The van der Waals surface area contributed by atoms with Crippen LogP contribution in [0.25, 0.3) is 0 Å². The van der Waals surface area contributed by atoms with Gasteiger partial charge in [-0.2, -0.15) is 0 Å². The van der Waals surface area contributed by atoms with Crippen molar-refractivity contribution in [3.05, 3.63) is 51.5 Å². The summed E-state index contributed by atoms with van der Waals surface area (Å²) in [5.41, 5.74) is 0.511. The van der Waals surface area contributed by atoms with Gasteiger partial charge in [-0.3, -0.25) is 9.59 Å². The summed E-state index contributed by atoms with van der Waals surface area (Å²) in [5, 5.41) is 3.59. The molecule has 33 heavy (non-hydrogen) atoms. The number of rotatable bonds is 9. The van der Waals surface area contributed by atoms with E-state index in [1.807, 2.05) is 11.0 Å². The highest BCUT2D eigenvalue weighted by Gasteiger charge is 2.24. The zero-order valence-electron chi connectivity index (χ0n) is 18.7. The SMILES string of the molecule is COc1ccc(C(=O)NC2CCN(C(=O)CCCOc3ccc(Br)cc3Cl)CC2)cc1OC. The summed E-state index contributed by atoms with van der Waals surface area (Å²) < 4.78 is 17.0. The largest absolute Gasteiger partial charge is 0.493 e. The number of hydrogen-bond acceptors (Lipinski definition) is 5. The molecule has 0 atom stereocenters. The van der Waals surface area contributed by atoms with Crippen LogP contribution in [-0.2, 0) is 4.79 Å². The van der Waals surface area contributed by atoms with E-state index >= 15 is 0 Å². The zero-order valence-corrected chi connectivity index (χ0v) is 21.1. The molecule has 9 heteroatoms. The van der Waals surface area contributed by atoms with E-state index in [-0.39, 0.29) is 17.9 Å². The van der Waals surface area contributed by atoms with Gasteiger partial charge >= 0.3 is 0 Å². The minimum absolute atomic E-state index is 0.0255. The molecule has 2 amide bonds. The summed E-state index contributed by atoms with van der Waals surface area (Å²) in [4.78, 5) is 27.0. The Hall–Kier alpha value is -2.45. The molecule has 7 nitrogen and oxygen atoms in total. The first-order valence-electron chi connectivity index (χ1n) is 10.8. The van der Waals surface area contributed by atoms with E-state index in [4.69, 9.17) is 25.8 Å². The number of ether oxygens (including phenoxy) is 3. The Bertz CT molecular complexity index is 979. The van der Waals surface area contributed by atoms with Gasteiger partial charge in [0.2, 0.25) is 5.91 Å².